The Morgan fingerprint density at radius 3 is 2.57 bits per heavy atom. The van der Waals surface area contributed by atoms with Crippen LogP contribution in [0, 0.1) is 13.8 Å². The van der Waals surface area contributed by atoms with Crippen molar-refractivity contribution in [1.29, 1.82) is 0 Å². The van der Waals surface area contributed by atoms with E-state index < -0.39 is 0 Å². The van der Waals surface area contributed by atoms with Crippen molar-refractivity contribution in [2.45, 2.75) is 33.7 Å². The first-order valence-electron chi connectivity index (χ1n) is 9.86. The molecule has 152 valence electrons. The van der Waals surface area contributed by atoms with Gasteiger partial charge in [0.05, 0.1) is 11.9 Å². The van der Waals surface area contributed by atoms with Crippen LogP contribution in [0.3, 0.4) is 0 Å². The van der Waals surface area contributed by atoms with Crippen molar-refractivity contribution >= 4 is 22.6 Å². The molecule has 30 heavy (non-hydrogen) atoms. The molecule has 0 unspecified atom stereocenters. The number of fused-ring (bicyclic) bond motifs is 1. The first-order valence-corrected chi connectivity index (χ1v) is 9.86. The number of amides is 1. The molecule has 0 saturated carbocycles. The molecule has 4 aromatic rings. The lowest BCUT2D eigenvalue weighted by molar-refractivity contribution is -0.116. The van der Waals surface area contributed by atoms with Crippen molar-refractivity contribution in [2.24, 2.45) is 0 Å². The molecule has 1 amide bonds. The fourth-order valence-corrected chi connectivity index (χ4v) is 3.62. The summed E-state index contributed by atoms with van der Waals surface area (Å²) < 4.78 is 2.96. The largest absolute Gasteiger partial charge is 0.324 e. The molecule has 0 spiro atoms. The Kier molecular flexibility index (Phi) is 5.18. The number of rotatable bonds is 5. The molecule has 0 aliphatic carbocycles. The lowest BCUT2D eigenvalue weighted by Crippen LogP contribution is -2.28. The number of nitrogens with zero attached hydrogens (tertiary/aromatic N) is 4. The summed E-state index contributed by atoms with van der Waals surface area (Å²) in [6.45, 7) is 5.94. The van der Waals surface area contributed by atoms with E-state index in [1.807, 2.05) is 57.2 Å². The molecule has 0 saturated heterocycles. The highest BCUT2D eigenvalue weighted by molar-refractivity contribution is 5.91. The van der Waals surface area contributed by atoms with Crippen LogP contribution in [0.5, 0.6) is 0 Å². The summed E-state index contributed by atoms with van der Waals surface area (Å²) in [5, 5.41) is 7.61. The average Bonchev–Trinajstić information content (AvgIpc) is 3.15. The number of anilines is 1. The molecule has 0 radical (unpaired) electrons. The molecular formula is C23H23N5O2. The Morgan fingerprint density at radius 2 is 1.83 bits per heavy atom. The van der Waals surface area contributed by atoms with Crippen LogP contribution in [0.2, 0.25) is 0 Å². The van der Waals surface area contributed by atoms with Crippen LogP contribution in [0.25, 0.3) is 16.7 Å². The van der Waals surface area contributed by atoms with E-state index in [-0.39, 0.29) is 18.0 Å². The van der Waals surface area contributed by atoms with Gasteiger partial charge in [-0.3, -0.25) is 14.2 Å². The molecule has 7 heteroatoms. The van der Waals surface area contributed by atoms with Crippen molar-refractivity contribution < 1.29 is 4.79 Å². The van der Waals surface area contributed by atoms with Gasteiger partial charge in [0.25, 0.3) is 5.56 Å². The fraction of sp³-hybridized carbons (Fsp3) is 0.217. The Morgan fingerprint density at radius 1 is 1.10 bits per heavy atom. The normalized spacial score (nSPS) is 11.0. The molecule has 0 atom stereocenters. The fourth-order valence-electron chi connectivity index (χ4n) is 3.62. The smallest absolute Gasteiger partial charge is 0.264 e. The number of hydrogen-bond acceptors (Lipinski definition) is 4. The summed E-state index contributed by atoms with van der Waals surface area (Å²) in [6, 6.07) is 13.7. The zero-order valence-electron chi connectivity index (χ0n) is 17.2. The first kappa shape index (κ1) is 19.6. The molecule has 0 aliphatic rings. The second-order valence-electron chi connectivity index (χ2n) is 7.38. The molecule has 0 aliphatic heterocycles. The number of nitrogens with one attached hydrogen (secondary N) is 1. The Balaban J connectivity index is 1.63. The monoisotopic (exact) mass is 401 g/mol. The average molecular weight is 401 g/mol. The molecule has 2 aromatic heterocycles. The standard InChI is InChI=1S/C23H23N5O2/c1-4-17-7-5-6-8-20(17)26-21(29)13-27-14-24-22-19(23(27)30)12-25-28(22)18-10-15(2)9-16(3)11-18/h5-12,14H,4,13H2,1-3H3,(H,26,29). The van der Waals surface area contributed by atoms with Crippen LogP contribution in [0.4, 0.5) is 5.69 Å². The van der Waals surface area contributed by atoms with E-state index in [4.69, 9.17) is 0 Å². The summed E-state index contributed by atoms with van der Waals surface area (Å²) >= 11 is 0. The summed E-state index contributed by atoms with van der Waals surface area (Å²) in [4.78, 5) is 29.8. The van der Waals surface area contributed by atoms with Crippen molar-refractivity contribution in [1.82, 2.24) is 19.3 Å². The summed E-state index contributed by atoms with van der Waals surface area (Å²) in [5.74, 6) is -0.277. The predicted molar refractivity (Wildman–Crippen MR) is 117 cm³/mol. The molecule has 7 nitrogen and oxygen atoms in total. The van der Waals surface area contributed by atoms with Gasteiger partial charge in [-0.1, -0.05) is 31.2 Å². The summed E-state index contributed by atoms with van der Waals surface area (Å²) in [5.41, 5.74) is 5.03. The van der Waals surface area contributed by atoms with E-state index in [0.29, 0.717) is 11.0 Å². The van der Waals surface area contributed by atoms with E-state index in [0.717, 1.165) is 34.5 Å². The highest BCUT2D eigenvalue weighted by atomic mass is 16.2. The third-order valence-corrected chi connectivity index (χ3v) is 4.99. The lowest BCUT2D eigenvalue weighted by Gasteiger charge is -2.11. The van der Waals surface area contributed by atoms with Crippen LogP contribution in [-0.4, -0.2) is 25.2 Å². The Hall–Kier alpha value is -3.74. The molecule has 2 aromatic carbocycles. The molecule has 4 rings (SSSR count). The van der Waals surface area contributed by atoms with E-state index in [2.05, 4.69) is 21.5 Å². The molecular weight excluding hydrogens is 378 g/mol. The Labute approximate surface area is 174 Å². The van der Waals surface area contributed by atoms with Gasteiger partial charge in [0.1, 0.15) is 18.3 Å². The lowest BCUT2D eigenvalue weighted by atomic mass is 10.1. The van der Waals surface area contributed by atoms with Gasteiger partial charge in [0, 0.05) is 5.69 Å². The molecule has 1 N–H and O–H groups in total. The van der Waals surface area contributed by atoms with Crippen molar-refractivity contribution in [3.63, 3.8) is 0 Å². The van der Waals surface area contributed by atoms with Gasteiger partial charge in [-0.05, 0) is 55.2 Å². The van der Waals surface area contributed by atoms with Gasteiger partial charge in [-0.25, -0.2) is 9.67 Å². The summed E-state index contributed by atoms with van der Waals surface area (Å²) in [7, 11) is 0. The third kappa shape index (κ3) is 3.74. The second-order valence-corrected chi connectivity index (χ2v) is 7.38. The zero-order chi connectivity index (χ0) is 21.3. The number of aryl methyl sites for hydroxylation is 3. The molecule has 0 fully saturated rings. The number of hydrogen-bond donors (Lipinski definition) is 1. The van der Waals surface area contributed by atoms with E-state index in [9.17, 15) is 9.59 Å². The highest BCUT2D eigenvalue weighted by Crippen LogP contribution is 2.17. The second kappa shape index (κ2) is 7.94. The SMILES string of the molecule is CCc1ccccc1NC(=O)Cn1cnc2c(cnn2-c2cc(C)cc(C)c2)c1=O. The highest BCUT2D eigenvalue weighted by Gasteiger charge is 2.14. The first-order chi connectivity index (χ1) is 14.5. The number of carbonyl (C=O) groups is 1. The maximum Gasteiger partial charge on any atom is 0.264 e. The van der Waals surface area contributed by atoms with Crippen LogP contribution < -0.4 is 10.9 Å². The Bertz CT molecular complexity index is 1280. The van der Waals surface area contributed by atoms with Gasteiger partial charge in [0.2, 0.25) is 5.91 Å². The number of benzene rings is 2. The topological polar surface area (TPSA) is 81.8 Å². The minimum absolute atomic E-state index is 0.117. The van der Waals surface area contributed by atoms with Gasteiger partial charge in [-0.15, -0.1) is 0 Å². The van der Waals surface area contributed by atoms with E-state index in [1.54, 1.807) is 4.68 Å². The number of para-hydroxylation sites is 1. The maximum atomic E-state index is 12.9. The zero-order valence-corrected chi connectivity index (χ0v) is 17.2. The van der Waals surface area contributed by atoms with Crippen molar-refractivity contribution in [3.8, 4) is 5.69 Å². The molecule has 2 heterocycles. The number of carbonyl (C=O) groups excluding carboxylic acids is 1. The van der Waals surface area contributed by atoms with Gasteiger partial charge in [0.15, 0.2) is 5.65 Å². The van der Waals surface area contributed by atoms with Crippen molar-refractivity contribution in [3.05, 3.63) is 82.0 Å². The summed E-state index contributed by atoms with van der Waals surface area (Å²) in [6.07, 6.45) is 3.71. The van der Waals surface area contributed by atoms with Crippen LogP contribution in [0.15, 0.2) is 59.8 Å². The van der Waals surface area contributed by atoms with Gasteiger partial charge >= 0.3 is 0 Å². The quantitative estimate of drug-likeness (QED) is 0.556. The van der Waals surface area contributed by atoms with E-state index >= 15 is 0 Å². The van der Waals surface area contributed by atoms with Crippen LogP contribution in [-0.2, 0) is 17.8 Å². The minimum atomic E-state index is -0.297. The number of aromatic nitrogens is 4. The van der Waals surface area contributed by atoms with Crippen LogP contribution >= 0.6 is 0 Å². The van der Waals surface area contributed by atoms with Crippen LogP contribution in [0.1, 0.15) is 23.6 Å². The minimum Gasteiger partial charge on any atom is -0.324 e. The third-order valence-electron chi connectivity index (χ3n) is 4.99. The van der Waals surface area contributed by atoms with Gasteiger partial charge < -0.3 is 5.32 Å². The van der Waals surface area contributed by atoms with Crippen molar-refractivity contribution in [2.75, 3.05) is 5.32 Å². The molecule has 0 bridgehead atoms. The predicted octanol–water partition coefficient (Wildman–Crippen LogP) is 3.40. The maximum absolute atomic E-state index is 12.9. The van der Waals surface area contributed by atoms with E-state index in [1.165, 1.54) is 17.1 Å². The van der Waals surface area contributed by atoms with Gasteiger partial charge in [-0.2, -0.15) is 5.10 Å².